The van der Waals surface area contributed by atoms with E-state index >= 15 is 0 Å². The Morgan fingerprint density at radius 1 is 1.13 bits per heavy atom. The van der Waals surface area contributed by atoms with Gasteiger partial charge in [0.1, 0.15) is 0 Å². The standard InChI is InChI=1S/C27H42O3/c1-17(2)6-5-7-20(25(29)30)18-12-14-26(3)19(16-18)8-9-21-22-10-11-24(28)27(22,4)15-13-23(21)26/h5,7,12,17,19-24,28H,6,8-11,13-16H2,1-4H3,(H,29,30)/t19-,20+,21-,22+,23-,24-,26-,27-/m0/s1. The fourth-order valence-corrected chi connectivity index (χ4v) is 7.98. The molecule has 0 aliphatic heterocycles. The van der Waals surface area contributed by atoms with Crippen molar-refractivity contribution >= 4 is 5.97 Å². The second kappa shape index (κ2) is 8.11. The van der Waals surface area contributed by atoms with Gasteiger partial charge in [0.25, 0.3) is 0 Å². The second-order valence-corrected chi connectivity index (χ2v) is 11.9. The Kier molecular flexibility index (Phi) is 5.98. The first kappa shape index (κ1) is 22.1. The van der Waals surface area contributed by atoms with Crippen molar-refractivity contribution in [1.82, 2.24) is 0 Å². The normalized spacial score (nSPS) is 44.3. The molecule has 0 bridgehead atoms. The summed E-state index contributed by atoms with van der Waals surface area (Å²) in [5.74, 6) is 2.17. The maximum Gasteiger partial charge on any atom is 0.314 e. The Morgan fingerprint density at radius 2 is 1.87 bits per heavy atom. The van der Waals surface area contributed by atoms with Crippen molar-refractivity contribution in [2.45, 2.75) is 91.6 Å². The first-order valence-corrected chi connectivity index (χ1v) is 12.4. The number of carboxylic acids is 1. The molecule has 0 heterocycles. The highest BCUT2D eigenvalue weighted by Crippen LogP contribution is 2.66. The average molecular weight is 415 g/mol. The van der Waals surface area contributed by atoms with Crippen molar-refractivity contribution in [3.8, 4) is 0 Å². The SMILES string of the molecule is CC(C)CC=C[C@@H](C(=O)O)C1=CC[C@@]2(C)[C@@H](CC[C@H]3[C@H]4CC[C@H](O)[C@@]4(C)CC[C@@H]32)C1. The summed E-state index contributed by atoms with van der Waals surface area (Å²) >= 11 is 0. The molecular weight excluding hydrogens is 372 g/mol. The van der Waals surface area contributed by atoms with Crippen LogP contribution < -0.4 is 0 Å². The smallest absolute Gasteiger partial charge is 0.314 e. The third kappa shape index (κ3) is 3.59. The van der Waals surface area contributed by atoms with Gasteiger partial charge in [-0.25, -0.2) is 0 Å². The van der Waals surface area contributed by atoms with Crippen LogP contribution in [-0.4, -0.2) is 22.3 Å². The molecule has 4 aliphatic carbocycles. The molecule has 3 nitrogen and oxygen atoms in total. The zero-order valence-corrected chi connectivity index (χ0v) is 19.4. The van der Waals surface area contributed by atoms with E-state index in [-0.39, 0.29) is 11.5 Å². The molecule has 0 spiro atoms. The van der Waals surface area contributed by atoms with Gasteiger partial charge in [-0.2, -0.15) is 0 Å². The van der Waals surface area contributed by atoms with Crippen LogP contribution in [0.25, 0.3) is 0 Å². The van der Waals surface area contributed by atoms with Crippen molar-refractivity contribution in [3.63, 3.8) is 0 Å². The predicted octanol–water partition coefficient (Wildman–Crippen LogP) is 6.23. The maximum absolute atomic E-state index is 12.0. The Morgan fingerprint density at radius 3 is 2.57 bits per heavy atom. The molecule has 0 aromatic heterocycles. The van der Waals surface area contributed by atoms with Crippen LogP contribution in [0.1, 0.15) is 85.5 Å². The van der Waals surface area contributed by atoms with Gasteiger partial charge in [-0.1, -0.05) is 51.5 Å². The summed E-state index contributed by atoms with van der Waals surface area (Å²) in [7, 11) is 0. The van der Waals surface area contributed by atoms with Gasteiger partial charge in [0.2, 0.25) is 0 Å². The van der Waals surface area contributed by atoms with E-state index in [4.69, 9.17) is 0 Å². The Balaban J connectivity index is 1.54. The lowest BCUT2D eigenvalue weighted by molar-refractivity contribution is -0.139. The molecule has 4 aliphatic rings. The molecule has 3 saturated carbocycles. The van der Waals surface area contributed by atoms with Crippen molar-refractivity contribution in [1.29, 1.82) is 0 Å². The quantitative estimate of drug-likeness (QED) is 0.524. The lowest BCUT2D eigenvalue weighted by Gasteiger charge is -2.60. The number of aliphatic hydroxyl groups excluding tert-OH is 1. The van der Waals surface area contributed by atoms with Gasteiger partial charge in [0, 0.05) is 0 Å². The lowest BCUT2D eigenvalue weighted by atomic mass is 9.45. The highest BCUT2D eigenvalue weighted by molar-refractivity contribution is 5.76. The fraction of sp³-hybridized carbons (Fsp3) is 0.815. The average Bonchev–Trinajstić information content (AvgIpc) is 2.99. The monoisotopic (exact) mass is 414 g/mol. The van der Waals surface area contributed by atoms with Crippen molar-refractivity contribution in [3.05, 3.63) is 23.8 Å². The first-order chi connectivity index (χ1) is 14.2. The van der Waals surface area contributed by atoms with E-state index in [1.54, 1.807) is 0 Å². The Bertz CT molecular complexity index is 722. The largest absolute Gasteiger partial charge is 0.481 e. The summed E-state index contributed by atoms with van der Waals surface area (Å²) in [5, 5.41) is 20.5. The predicted molar refractivity (Wildman–Crippen MR) is 121 cm³/mol. The van der Waals surface area contributed by atoms with Crippen LogP contribution >= 0.6 is 0 Å². The van der Waals surface area contributed by atoms with E-state index in [1.807, 2.05) is 6.08 Å². The van der Waals surface area contributed by atoms with E-state index in [2.05, 4.69) is 39.8 Å². The van der Waals surface area contributed by atoms with Crippen LogP contribution in [0.15, 0.2) is 23.8 Å². The summed E-state index contributed by atoms with van der Waals surface area (Å²) in [6, 6.07) is 0. The van der Waals surface area contributed by atoms with Gasteiger partial charge < -0.3 is 10.2 Å². The van der Waals surface area contributed by atoms with Crippen LogP contribution in [0.3, 0.4) is 0 Å². The topological polar surface area (TPSA) is 57.5 Å². The maximum atomic E-state index is 12.0. The van der Waals surface area contributed by atoms with E-state index in [1.165, 1.54) is 25.7 Å². The van der Waals surface area contributed by atoms with Gasteiger partial charge in [0.05, 0.1) is 12.0 Å². The summed E-state index contributed by atoms with van der Waals surface area (Å²) in [6.45, 7) is 9.19. The molecule has 4 rings (SSSR count). The Hall–Kier alpha value is -1.09. The van der Waals surface area contributed by atoms with Crippen molar-refractivity contribution < 1.29 is 15.0 Å². The van der Waals surface area contributed by atoms with Crippen LogP contribution in [0.2, 0.25) is 0 Å². The number of fused-ring (bicyclic) bond motifs is 5. The highest BCUT2D eigenvalue weighted by atomic mass is 16.4. The number of carboxylic acid groups (broad SMARTS) is 1. The molecule has 3 heteroatoms. The van der Waals surface area contributed by atoms with E-state index < -0.39 is 11.9 Å². The minimum Gasteiger partial charge on any atom is -0.481 e. The summed E-state index contributed by atoms with van der Waals surface area (Å²) in [4.78, 5) is 12.0. The molecule has 0 unspecified atom stereocenters. The van der Waals surface area contributed by atoms with Gasteiger partial charge in [-0.3, -0.25) is 4.79 Å². The second-order valence-electron chi connectivity index (χ2n) is 11.9. The molecule has 8 atom stereocenters. The van der Waals surface area contributed by atoms with Gasteiger partial charge >= 0.3 is 5.97 Å². The van der Waals surface area contributed by atoms with Gasteiger partial charge in [0.15, 0.2) is 0 Å². The minimum absolute atomic E-state index is 0.110. The van der Waals surface area contributed by atoms with E-state index in [0.717, 1.165) is 49.5 Å². The molecule has 0 saturated heterocycles. The molecule has 0 radical (unpaired) electrons. The summed E-state index contributed by atoms with van der Waals surface area (Å²) in [5.41, 5.74) is 1.57. The van der Waals surface area contributed by atoms with Crippen molar-refractivity contribution in [2.24, 2.45) is 46.3 Å². The highest BCUT2D eigenvalue weighted by Gasteiger charge is 2.59. The molecule has 30 heavy (non-hydrogen) atoms. The third-order valence-electron chi connectivity index (χ3n) is 9.90. The summed E-state index contributed by atoms with van der Waals surface area (Å²) < 4.78 is 0. The number of carbonyl (C=O) groups is 1. The number of rotatable bonds is 5. The van der Waals surface area contributed by atoms with Crippen LogP contribution in [0.4, 0.5) is 0 Å². The first-order valence-electron chi connectivity index (χ1n) is 12.4. The third-order valence-corrected chi connectivity index (χ3v) is 9.90. The van der Waals surface area contributed by atoms with Crippen LogP contribution in [-0.2, 0) is 4.79 Å². The lowest BCUT2D eigenvalue weighted by Crippen LogP contribution is -2.53. The van der Waals surface area contributed by atoms with Crippen LogP contribution in [0.5, 0.6) is 0 Å². The number of allylic oxidation sites excluding steroid dienone is 2. The van der Waals surface area contributed by atoms with E-state index in [0.29, 0.717) is 23.2 Å². The fourth-order valence-electron chi connectivity index (χ4n) is 7.98. The van der Waals surface area contributed by atoms with Crippen LogP contribution in [0, 0.1) is 46.3 Å². The molecule has 3 fully saturated rings. The zero-order valence-electron chi connectivity index (χ0n) is 19.4. The number of hydrogen-bond acceptors (Lipinski definition) is 2. The molecule has 0 amide bonds. The molecule has 0 aromatic rings. The van der Waals surface area contributed by atoms with Crippen molar-refractivity contribution in [2.75, 3.05) is 0 Å². The number of aliphatic carboxylic acids is 1. The molecular formula is C27H42O3. The molecule has 0 aromatic carbocycles. The Labute approximate surface area is 183 Å². The minimum atomic E-state index is -0.702. The number of hydrogen-bond donors (Lipinski definition) is 2. The van der Waals surface area contributed by atoms with Gasteiger partial charge in [-0.05, 0) is 98.2 Å². The zero-order chi connectivity index (χ0) is 21.7. The van der Waals surface area contributed by atoms with E-state index in [9.17, 15) is 15.0 Å². The number of aliphatic hydroxyl groups is 1. The molecule has 2 N–H and O–H groups in total. The summed E-state index contributed by atoms with van der Waals surface area (Å²) in [6.07, 6.45) is 16.2. The van der Waals surface area contributed by atoms with Gasteiger partial charge in [-0.15, -0.1) is 0 Å². The molecule has 168 valence electrons.